The SMILES string of the molecule is Cc1ccccc1[C@H]1c2ccsc2CCN1CC(=O)N1CCN(C(=O)CCC2CCCC2)[C@H](C)C1. The van der Waals surface area contributed by atoms with Gasteiger partial charge >= 0.3 is 0 Å². The van der Waals surface area contributed by atoms with Crippen LogP contribution in [0.3, 0.4) is 0 Å². The minimum Gasteiger partial charge on any atom is -0.338 e. The van der Waals surface area contributed by atoms with Crippen LogP contribution in [0.4, 0.5) is 0 Å². The van der Waals surface area contributed by atoms with Gasteiger partial charge in [-0.3, -0.25) is 14.5 Å². The molecule has 3 heterocycles. The number of fused-ring (bicyclic) bond motifs is 1. The standard InChI is InChI=1S/C29H39N3O2S/c1-21-7-3-6-10-24(21)29-25-14-18-35-26(25)13-15-31(29)20-28(34)30-16-17-32(22(2)19-30)27(33)12-11-23-8-4-5-9-23/h3,6-7,10,14,18,22-23,29H,4-5,8-9,11-13,15-17,19-20H2,1-2H3/t22-,29+/m1/s1. The van der Waals surface area contributed by atoms with E-state index in [-0.39, 0.29) is 23.9 Å². The van der Waals surface area contributed by atoms with Crippen LogP contribution in [0.5, 0.6) is 0 Å². The molecule has 2 fully saturated rings. The molecule has 5 rings (SSSR count). The first-order valence-electron chi connectivity index (χ1n) is 13.4. The Balaban J connectivity index is 1.21. The van der Waals surface area contributed by atoms with Crippen LogP contribution in [-0.2, 0) is 16.0 Å². The third-order valence-corrected chi connectivity index (χ3v) is 9.43. The van der Waals surface area contributed by atoms with E-state index in [2.05, 4.69) is 54.5 Å². The van der Waals surface area contributed by atoms with E-state index in [1.54, 1.807) is 0 Å². The Hall–Kier alpha value is -2.18. The maximum Gasteiger partial charge on any atom is 0.236 e. The zero-order valence-corrected chi connectivity index (χ0v) is 22.1. The van der Waals surface area contributed by atoms with Crippen LogP contribution in [0.25, 0.3) is 0 Å². The molecule has 2 amide bonds. The van der Waals surface area contributed by atoms with E-state index in [1.807, 2.05) is 21.1 Å². The molecule has 0 radical (unpaired) electrons. The summed E-state index contributed by atoms with van der Waals surface area (Å²) >= 11 is 1.83. The predicted octanol–water partition coefficient (Wildman–Crippen LogP) is 5.03. The number of amides is 2. The fourth-order valence-electron chi connectivity index (χ4n) is 6.40. The second-order valence-electron chi connectivity index (χ2n) is 10.7. The van der Waals surface area contributed by atoms with Crippen LogP contribution >= 0.6 is 11.3 Å². The number of nitrogens with zero attached hydrogens (tertiary/aromatic N) is 3. The third-order valence-electron chi connectivity index (χ3n) is 8.43. The fourth-order valence-corrected chi connectivity index (χ4v) is 7.30. The summed E-state index contributed by atoms with van der Waals surface area (Å²) < 4.78 is 0. The molecule has 188 valence electrons. The lowest BCUT2D eigenvalue weighted by Gasteiger charge is -2.42. The van der Waals surface area contributed by atoms with Crippen LogP contribution in [-0.4, -0.2) is 65.3 Å². The van der Waals surface area contributed by atoms with Crippen molar-refractivity contribution in [2.24, 2.45) is 5.92 Å². The van der Waals surface area contributed by atoms with Gasteiger partial charge < -0.3 is 9.80 Å². The van der Waals surface area contributed by atoms with Crippen molar-refractivity contribution in [1.29, 1.82) is 0 Å². The molecule has 2 aromatic rings. The van der Waals surface area contributed by atoms with Crippen LogP contribution in [0, 0.1) is 12.8 Å². The molecular weight excluding hydrogens is 454 g/mol. The number of benzene rings is 1. The van der Waals surface area contributed by atoms with Crippen molar-refractivity contribution in [3.63, 3.8) is 0 Å². The van der Waals surface area contributed by atoms with Gasteiger partial charge in [-0.05, 0) is 60.7 Å². The lowest BCUT2D eigenvalue weighted by Crippen LogP contribution is -2.57. The molecule has 3 aliphatic rings. The molecule has 0 N–H and O–H groups in total. The first-order chi connectivity index (χ1) is 17.0. The molecule has 6 heteroatoms. The third kappa shape index (κ3) is 5.34. The minimum absolute atomic E-state index is 0.0841. The van der Waals surface area contributed by atoms with Crippen molar-refractivity contribution >= 4 is 23.2 Å². The zero-order valence-electron chi connectivity index (χ0n) is 21.2. The van der Waals surface area contributed by atoms with Crippen molar-refractivity contribution in [2.45, 2.75) is 70.9 Å². The van der Waals surface area contributed by atoms with Crippen molar-refractivity contribution in [3.8, 4) is 0 Å². The number of carbonyl (C=O) groups is 2. The fraction of sp³-hybridized carbons (Fsp3) is 0.586. The lowest BCUT2D eigenvalue weighted by atomic mass is 9.90. The van der Waals surface area contributed by atoms with E-state index in [1.165, 1.54) is 47.3 Å². The Labute approximate surface area is 214 Å². The highest BCUT2D eigenvalue weighted by Gasteiger charge is 2.35. The minimum atomic E-state index is 0.0841. The smallest absolute Gasteiger partial charge is 0.236 e. The second-order valence-corrected chi connectivity index (χ2v) is 11.7. The molecule has 1 aromatic carbocycles. The molecule has 0 spiro atoms. The van der Waals surface area contributed by atoms with E-state index in [4.69, 9.17) is 0 Å². The first kappa shape index (κ1) is 24.5. The number of piperazine rings is 1. The number of thiophene rings is 1. The largest absolute Gasteiger partial charge is 0.338 e. The van der Waals surface area contributed by atoms with Gasteiger partial charge in [0.25, 0.3) is 0 Å². The van der Waals surface area contributed by atoms with E-state index in [9.17, 15) is 9.59 Å². The molecule has 1 aliphatic carbocycles. The highest BCUT2D eigenvalue weighted by Crippen LogP contribution is 2.38. The van der Waals surface area contributed by atoms with E-state index >= 15 is 0 Å². The highest BCUT2D eigenvalue weighted by atomic mass is 32.1. The van der Waals surface area contributed by atoms with Gasteiger partial charge in [-0.25, -0.2) is 0 Å². The molecule has 0 unspecified atom stereocenters. The van der Waals surface area contributed by atoms with Crippen LogP contribution in [0.2, 0.25) is 0 Å². The van der Waals surface area contributed by atoms with Gasteiger partial charge in [0.05, 0.1) is 12.6 Å². The van der Waals surface area contributed by atoms with Crippen molar-refractivity contribution in [1.82, 2.24) is 14.7 Å². The molecule has 5 nitrogen and oxygen atoms in total. The summed E-state index contributed by atoms with van der Waals surface area (Å²) in [5.74, 6) is 1.20. The van der Waals surface area contributed by atoms with Crippen LogP contribution in [0.1, 0.15) is 73.1 Å². The number of carbonyl (C=O) groups excluding carboxylic acids is 2. The van der Waals surface area contributed by atoms with Gasteiger partial charge in [-0.15, -0.1) is 11.3 Å². The van der Waals surface area contributed by atoms with Gasteiger partial charge in [0.2, 0.25) is 11.8 Å². The quantitative estimate of drug-likeness (QED) is 0.567. The summed E-state index contributed by atoms with van der Waals surface area (Å²) in [5.41, 5.74) is 3.92. The molecule has 2 atom stereocenters. The molecule has 35 heavy (non-hydrogen) atoms. The van der Waals surface area contributed by atoms with Gasteiger partial charge in [-0.1, -0.05) is 49.9 Å². The zero-order chi connectivity index (χ0) is 24.4. The van der Waals surface area contributed by atoms with E-state index in [0.29, 0.717) is 32.6 Å². The topological polar surface area (TPSA) is 43.9 Å². The Bertz CT molecular complexity index is 1040. The molecule has 1 saturated heterocycles. The lowest BCUT2D eigenvalue weighted by molar-refractivity contribution is -0.143. The Morgan fingerprint density at radius 2 is 1.80 bits per heavy atom. The highest BCUT2D eigenvalue weighted by molar-refractivity contribution is 7.10. The molecular formula is C29H39N3O2S. The first-order valence-corrected chi connectivity index (χ1v) is 14.3. The van der Waals surface area contributed by atoms with Crippen LogP contribution in [0.15, 0.2) is 35.7 Å². The van der Waals surface area contributed by atoms with Gasteiger partial charge in [-0.2, -0.15) is 0 Å². The average molecular weight is 494 g/mol. The van der Waals surface area contributed by atoms with Gasteiger partial charge in [0, 0.05) is 43.5 Å². The number of aryl methyl sites for hydroxylation is 1. The summed E-state index contributed by atoms with van der Waals surface area (Å²) in [6.07, 6.45) is 7.93. The van der Waals surface area contributed by atoms with Crippen molar-refractivity contribution in [2.75, 3.05) is 32.7 Å². The van der Waals surface area contributed by atoms with Gasteiger partial charge in [0.15, 0.2) is 0 Å². The summed E-state index contributed by atoms with van der Waals surface area (Å²) in [6, 6.07) is 11.0. The molecule has 2 aliphatic heterocycles. The summed E-state index contributed by atoms with van der Waals surface area (Å²) in [7, 11) is 0. The number of hydrogen-bond donors (Lipinski definition) is 0. The molecule has 1 aromatic heterocycles. The maximum atomic E-state index is 13.5. The molecule has 0 bridgehead atoms. The second kappa shape index (κ2) is 10.8. The van der Waals surface area contributed by atoms with E-state index in [0.717, 1.165) is 25.3 Å². The Morgan fingerprint density at radius 1 is 1.00 bits per heavy atom. The summed E-state index contributed by atoms with van der Waals surface area (Å²) in [5, 5.41) is 2.19. The van der Waals surface area contributed by atoms with E-state index < -0.39 is 0 Å². The van der Waals surface area contributed by atoms with Crippen LogP contribution < -0.4 is 0 Å². The Kier molecular flexibility index (Phi) is 7.59. The number of hydrogen-bond acceptors (Lipinski definition) is 4. The monoisotopic (exact) mass is 493 g/mol. The Morgan fingerprint density at radius 3 is 2.57 bits per heavy atom. The van der Waals surface area contributed by atoms with Gasteiger partial charge in [0.1, 0.15) is 0 Å². The summed E-state index contributed by atoms with van der Waals surface area (Å²) in [4.78, 5) is 34.2. The average Bonchev–Trinajstić information content (AvgIpc) is 3.55. The maximum absolute atomic E-state index is 13.5. The normalized spacial score (nSPS) is 23.5. The molecule has 1 saturated carbocycles. The van der Waals surface area contributed by atoms with Crippen molar-refractivity contribution < 1.29 is 9.59 Å². The van der Waals surface area contributed by atoms with Crippen molar-refractivity contribution in [3.05, 3.63) is 57.3 Å². The summed E-state index contributed by atoms with van der Waals surface area (Å²) in [6.45, 7) is 7.53. The predicted molar refractivity (Wildman–Crippen MR) is 142 cm³/mol. The number of rotatable bonds is 6.